The Morgan fingerprint density at radius 2 is 2.07 bits per heavy atom. The van der Waals surface area contributed by atoms with Gasteiger partial charge in [-0.25, -0.2) is 9.97 Å². The highest BCUT2D eigenvalue weighted by Gasteiger charge is 2.30. The van der Waals surface area contributed by atoms with E-state index in [1.54, 1.807) is 0 Å². The van der Waals surface area contributed by atoms with Crippen LogP contribution in [0.5, 0.6) is 0 Å². The summed E-state index contributed by atoms with van der Waals surface area (Å²) in [5.74, 6) is 3.03. The van der Waals surface area contributed by atoms with Crippen LogP contribution in [0, 0.1) is 5.92 Å². The van der Waals surface area contributed by atoms with Gasteiger partial charge in [-0.05, 0) is 36.1 Å². The molecule has 0 bridgehead atoms. The second kappa shape index (κ2) is 8.94. The Morgan fingerprint density at radius 3 is 2.89 bits per heavy atom. The second-order valence-electron chi connectivity index (χ2n) is 7.52. The zero-order valence-electron chi connectivity index (χ0n) is 15.9. The molecular formula is C21H27N5OS. The molecule has 4 rings (SSSR count). The molecule has 1 aromatic carbocycles. The molecule has 0 spiro atoms. The lowest BCUT2D eigenvalue weighted by Crippen LogP contribution is -2.21. The van der Waals surface area contributed by atoms with E-state index in [-0.39, 0.29) is 6.10 Å². The topological polar surface area (TPSA) is 91.1 Å². The summed E-state index contributed by atoms with van der Waals surface area (Å²) in [5.41, 5.74) is 9.98. The van der Waals surface area contributed by atoms with Crippen LogP contribution in [-0.4, -0.2) is 49.9 Å². The van der Waals surface area contributed by atoms with Crippen molar-refractivity contribution < 1.29 is 5.11 Å². The Balaban J connectivity index is 1.22. The summed E-state index contributed by atoms with van der Waals surface area (Å²) in [6, 6.07) is 12.6. The zero-order valence-corrected chi connectivity index (χ0v) is 16.7. The lowest BCUT2D eigenvalue weighted by molar-refractivity contribution is 0.137. The summed E-state index contributed by atoms with van der Waals surface area (Å²) in [5, 5.41) is 10.5. The molecule has 0 aliphatic carbocycles. The van der Waals surface area contributed by atoms with E-state index in [1.165, 1.54) is 11.9 Å². The summed E-state index contributed by atoms with van der Waals surface area (Å²) >= 11 is 1.97. The van der Waals surface area contributed by atoms with Gasteiger partial charge in [-0.1, -0.05) is 30.3 Å². The number of nitrogens with one attached hydrogen (secondary N) is 1. The molecule has 0 radical (unpaired) electrons. The van der Waals surface area contributed by atoms with Crippen LogP contribution in [0.25, 0.3) is 11.0 Å². The number of aliphatic hydroxyl groups is 1. The van der Waals surface area contributed by atoms with Crippen molar-refractivity contribution in [1.29, 1.82) is 0 Å². The number of β-amino-alcohol motifs (C(OH)–C–C–N with tert-alkyl or cyclic N) is 1. The quantitative estimate of drug-likeness (QED) is 0.506. The van der Waals surface area contributed by atoms with Crippen LogP contribution in [-0.2, 0) is 12.3 Å². The van der Waals surface area contributed by atoms with Gasteiger partial charge in [0.05, 0.1) is 11.6 Å². The van der Waals surface area contributed by atoms with Crippen LogP contribution in [0.4, 0.5) is 5.82 Å². The highest BCUT2D eigenvalue weighted by atomic mass is 32.2. The summed E-state index contributed by atoms with van der Waals surface area (Å²) in [7, 11) is 0. The van der Waals surface area contributed by atoms with Crippen LogP contribution in [0.2, 0.25) is 0 Å². The molecule has 3 aromatic rings. The van der Waals surface area contributed by atoms with Crippen LogP contribution >= 0.6 is 11.8 Å². The van der Waals surface area contributed by atoms with Gasteiger partial charge in [-0.3, -0.25) is 4.90 Å². The average Bonchev–Trinajstić information content (AvgIpc) is 3.26. The van der Waals surface area contributed by atoms with Crippen molar-refractivity contribution in [1.82, 2.24) is 19.9 Å². The Kier molecular flexibility index (Phi) is 6.14. The number of anilines is 1. The molecule has 1 aliphatic heterocycles. The van der Waals surface area contributed by atoms with Crippen molar-refractivity contribution in [3.63, 3.8) is 0 Å². The van der Waals surface area contributed by atoms with Gasteiger partial charge in [0.15, 0.2) is 5.82 Å². The predicted molar refractivity (Wildman–Crippen MR) is 115 cm³/mol. The minimum Gasteiger partial charge on any atom is -0.391 e. The molecule has 2 aromatic heterocycles. The van der Waals surface area contributed by atoms with E-state index < -0.39 is 0 Å². The highest BCUT2D eigenvalue weighted by Crippen LogP contribution is 2.26. The van der Waals surface area contributed by atoms with E-state index in [0.717, 1.165) is 60.7 Å². The number of aromatic amines is 1. The summed E-state index contributed by atoms with van der Waals surface area (Å²) < 4.78 is 0. The normalized spacial score (nSPS) is 20.2. The number of thioether (sulfide) groups is 1. The zero-order chi connectivity index (χ0) is 19.3. The molecule has 1 aliphatic rings. The Hall–Kier alpha value is -2.09. The van der Waals surface area contributed by atoms with Gasteiger partial charge in [0.2, 0.25) is 0 Å². The number of nitrogens with two attached hydrogens (primary N) is 1. The smallest absolute Gasteiger partial charge is 0.151 e. The molecule has 1 saturated heterocycles. The van der Waals surface area contributed by atoms with Gasteiger partial charge in [-0.15, -0.1) is 0 Å². The number of H-pyrrole nitrogens is 1. The van der Waals surface area contributed by atoms with Crippen molar-refractivity contribution >= 4 is 28.6 Å². The Labute approximate surface area is 169 Å². The first kappa shape index (κ1) is 19.2. The molecule has 3 heterocycles. The molecule has 0 unspecified atom stereocenters. The number of hydrogen-bond donors (Lipinski definition) is 3. The number of hydrogen-bond acceptors (Lipinski definition) is 6. The third-order valence-corrected chi connectivity index (χ3v) is 6.47. The number of rotatable bonds is 8. The molecule has 7 heteroatoms. The van der Waals surface area contributed by atoms with E-state index in [9.17, 15) is 5.11 Å². The van der Waals surface area contributed by atoms with Crippen molar-refractivity contribution in [3.8, 4) is 0 Å². The van der Waals surface area contributed by atoms with Crippen molar-refractivity contribution in [2.24, 2.45) is 5.92 Å². The minimum absolute atomic E-state index is 0.242. The molecule has 1 fully saturated rings. The van der Waals surface area contributed by atoms with E-state index >= 15 is 0 Å². The van der Waals surface area contributed by atoms with Crippen LogP contribution < -0.4 is 5.73 Å². The fraction of sp³-hybridized carbons (Fsp3) is 0.429. The predicted octanol–water partition coefficient (Wildman–Crippen LogP) is 3.05. The molecular weight excluding hydrogens is 370 g/mol. The number of nitrogen functional groups attached to an aromatic ring is 1. The minimum atomic E-state index is -0.242. The van der Waals surface area contributed by atoms with E-state index in [1.807, 2.05) is 17.8 Å². The average molecular weight is 398 g/mol. The molecule has 0 saturated carbocycles. The maximum atomic E-state index is 10.5. The van der Waals surface area contributed by atoms with Gasteiger partial charge in [0, 0.05) is 31.1 Å². The van der Waals surface area contributed by atoms with Gasteiger partial charge in [-0.2, -0.15) is 11.8 Å². The van der Waals surface area contributed by atoms with Gasteiger partial charge < -0.3 is 15.8 Å². The number of likely N-dealkylation sites (tertiary alicyclic amines) is 1. The first-order valence-electron chi connectivity index (χ1n) is 9.79. The first-order valence-corrected chi connectivity index (χ1v) is 10.9. The van der Waals surface area contributed by atoms with Crippen molar-refractivity contribution in [2.75, 3.05) is 24.6 Å². The van der Waals surface area contributed by atoms with Crippen molar-refractivity contribution in [2.45, 2.75) is 31.2 Å². The van der Waals surface area contributed by atoms with Crippen LogP contribution in [0.1, 0.15) is 24.1 Å². The monoisotopic (exact) mass is 397 g/mol. The van der Waals surface area contributed by atoms with E-state index in [2.05, 4.69) is 50.2 Å². The van der Waals surface area contributed by atoms with Crippen LogP contribution in [0.15, 0.2) is 42.7 Å². The van der Waals surface area contributed by atoms with Gasteiger partial charge in [0.1, 0.15) is 11.8 Å². The van der Waals surface area contributed by atoms with Crippen LogP contribution in [0.3, 0.4) is 0 Å². The molecule has 2 atom stereocenters. The first-order chi connectivity index (χ1) is 13.7. The SMILES string of the molecule is Nc1ncnc2cc(CN3C[C@H](CCCSCc4ccccc4)[C@@H](O)C3)[nH]c12. The molecule has 4 N–H and O–H groups in total. The number of nitrogens with zero attached hydrogens (tertiary/aromatic N) is 3. The third-order valence-electron chi connectivity index (χ3n) is 5.35. The third kappa shape index (κ3) is 4.66. The van der Waals surface area contributed by atoms with Crippen molar-refractivity contribution in [3.05, 3.63) is 54.0 Å². The number of benzene rings is 1. The summed E-state index contributed by atoms with van der Waals surface area (Å²) in [4.78, 5) is 13.9. The maximum absolute atomic E-state index is 10.5. The molecule has 0 amide bonds. The fourth-order valence-electron chi connectivity index (χ4n) is 3.90. The Bertz CT molecular complexity index is 900. The number of aliphatic hydroxyl groups excluding tert-OH is 1. The second-order valence-corrected chi connectivity index (χ2v) is 8.62. The molecule has 148 valence electrons. The largest absolute Gasteiger partial charge is 0.391 e. The van der Waals surface area contributed by atoms with E-state index in [0.29, 0.717) is 11.7 Å². The van der Waals surface area contributed by atoms with E-state index in [4.69, 9.17) is 5.73 Å². The highest BCUT2D eigenvalue weighted by molar-refractivity contribution is 7.98. The number of aromatic nitrogens is 3. The summed E-state index contributed by atoms with van der Waals surface area (Å²) in [6.45, 7) is 2.42. The lowest BCUT2D eigenvalue weighted by atomic mass is 10.0. The van der Waals surface area contributed by atoms with Gasteiger partial charge >= 0.3 is 0 Å². The maximum Gasteiger partial charge on any atom is 0.151 e. The standard InChI is InChI=1S/C21H27N5OS/c22-21-20-18(23-14-24-21)9-17(25-20)11-26-10-16(19(27)12-26)7-4-8-28-13-15-5-2-1-3-6-15/h1-3,5-6,9,14,16,19,25,27H,4,7-8,10-13H2,(H2,22,23,24)/t16-,19-/m0/s1. The Morgan fingerprint density at radius 1 is 1.21 bits per heavy atom. The van der Waals surface area contributed by atoms with Gasteiger partial charge in [0.25, 0.3) is 0 Å². The fourth-order valence-corrected chi connectivity index (χ4v) is 4.85. The lowest BCUT2D eigenvalue weighted by Gasteiger charge is -2.14. The molecule has 28 heavy (non-hydrogen) atoms. The number of fused-ring (bicyclic) bond motifs is 1. The summed E-state index contributed by atoms with van der Waals surface area (Å²) in [6.07, 6.45) is 3.46. The molecule has 6 nitrogen and oxygen atoms in total.